The Labute approximate surface area is 103 Å². The molecule has 6 heteroatoms. The second-order valence-electron chi connectivity index (χ2n) is 3.52. The van der Waals surface area contributed by atoms with E-state index in [2.05, 4.69) is 15.3 Å². The van der Waals surface area contributed by atoms with Gasteiger partial charge in [-0.2, -0.15) is 0 Å². The van der Waals surface area contributed by atoms with Crippen molar-refractivity contribution < 1.29 is 4.79 Å². The average molecular weight is 248 g/mol. The second kappa shape index (κ2) is 4.92. The third-order valence-corrected chi connectivity index (χ3v) is 3.21. The van der Waals surface area contributed by atoms with Gasteiger partial charge in [0.05, 0.1) is 29.6 Å². The molecule has 0 aliphatic rings. The lowest BCUT2D eigenvalue weighted by Gasteiger charge is -2.03. The Balaban J connectivity index is 1.98. The number of nitrogens with zero attached hydrogens (tertiary/aromatic N) is 2. The van der Waals surface area contributed by atoms with Crippen LogP contribution >= 0.6 is 11.3 Å². The van der Waals surface area contributed by atoms with Crippen molar-refractivity contribution in [3.05, 3.63) is 40.1 Å². The maximum Gasteiger partial charge on any atom is 0.270 e. The number of nitrogens with one attached hydrogen (secondary N) is 1. The van der Waals surface area contributed by atoms with Gasteiger partial charge in [0.25, 0.3) is 5.91 Å². The number of nitrogens with two attached hydrogens (primary N) is 1. The predicted molar refractivity (Wildman–Crippen MR) is 66.7 cm³/mol. The molecule has 0 aromatic carbocycles. The lowest BCUT2D eigenvalue weighted by atomic mass is 10.3. The predicted octanol–water partition coefficient (Wildman–Crippen LogP) is 1.36. The number of pyridine rings is 1. The lowest BCUT2D eigenvalue weighted by molar-refractivity contribution is 0.0946. The molecule has 2 rings (SSSR count). The summed E-state index contributed by atoms with van der Waals surface area (Å²) >= 11 is 1.52. The van der Waals surface area contributed by atoms with Crippen molar-refractivity contribution in [3.63, 3.8) is 0 Å². The van der Waals surface area contributed by atoms with Gasteiger partial charge in [-0.3, -0.25) is 4.79 Å². The summed E-state index contributed by atoms with van der Waals surface area (Å²) in [5, 5.41) is 2.79. The molecule has 2 aromatic heterocycles. The van der Waals surface area contributed by atoms with E-state index in [-0.39, 0.29) is 5.91 Å². The molecule has 0 atom stereocenters. The Morgan fingerprint density at radius 3 is 2.88 bits per heavy atom. The van der Waals surface area contributed by atoms with E-state index < -0.39 is 0 Å². The van der Waals surface area contributed by atoms with Crippen molar-refractivity contribution in [2.45, 2.75) is 13.5 Å². The van der Waals surface area contributed by atoms with Gasteiger partial charge in [-0.1, -0.05) is 0 Å². The fraction of sp³-hybridized carbons (Fsp3) is 0.182. The molecule has 0 saturated carbocycles. The second-order valence-corrected chi connectivity index (χ2v) is 4.46. The minimum Gasteiger partial charge on any atom is -0.397 e. The average Bonchev–Trinajstić information content (AvgIpc) is 2.73. The fourth-order valence-corrected chi connectivity index (χ4v) is 2.00. The van der Waals surface area contributed by atoms with Crippen molar-refractivity contribution in [2.75, 3.05) is 5.73 Å². The molecule has 0 spiro atoms. The highest BCUT2D eigenvalue weighted by Crippen LogP contribution is 2.11. The van der Waals surface area contributed by atoms with Gasteiger partial charge >= 0.3 is 0 Å². The molecule has 1 amide bonds. The number of thiazole rings is 1. The normalized spacial score (nSPS) is 10.2. The highest BCUT2D eigenvalue weighted by molar-refractivity contribution is 7.09. The number of carbonyl (C=O) groups is 1. The monoisotopic (exact) mass is 248 g/mol. The van der Waals surface area contributed by atoms with Crippen LogP contribution in [0.15, 0.2) is 23.8 Å². The molecule has 0 aliphatic heterocycles. The van der Waals surface area contributed by atoms with Crippen LogP contribution in [0, 0.1) is 6.92 Å². The van der Waals surface area contributed by atoms with Crippen LogP contribution in [0.3, 0.4) is 0 Å². The van der Waals surface area contributed by atoms with Crippen LogP contribution in [-0.2, 0) is 6.54 Å². The van der Waals surface area contributed by atoms with Gasteiger partial charge < -0.3 is 11.1 Å². The third kappa shape index (κ3) is 2.79. The number of hydrogen-bond acceptors (Lipinski definition) is 5. The van der Waals surface area contributed by atoms with E-state index in [0.717, 1.165) is 10.6 Å². The largest absolute Gasteiger partial charge is 0.397 e. The van der Waals surface area contributed by atoms with Gasteiger partial charge in [0.15, 0.2) is 0 Å². The Morgan fingerprint density at radius 1 is 1.47 bits per heavy atom. The first-order chi connectivity index (χ1) is 8.16. The van der Waals surface area contributed by atoms with Gasteiger partial charge in [0.2, 0.25) is 0 Å². The maximum absolute atomic E-state index is 11.7. The molecule has 3 N–H and O–H groups in total. The van der Waals surface area contributed by atoms with Crippen LogP contribution in [0.25, 0.3) is 0 Å². The molecule has 0 aliphatic carbocycles. The highest BCUT2D eigenvalue weighted by atomic mass is 32.1. The molecule has 17 heavy (non-hydrogen) atoms. The van der Waals surface area contributed by atoms with Crippen LogP contribution in [-0.4, -0.2) is 15.9 Å². The molecule has 2 heterocycles. The number of aryl methyl sites for hydroxylation is 1. The summed E-state index contributed by atoms with van der Waals surface area (Å²) in [6.45, 7) is 2.39. The van der Waals surface area contributed by atoms with Crippen molar-refractivity contribution >= 4 is 22.9 Å². The van der Waals surface area contributed by atoms with Crippen molar-refractivity contribution in [1.29, 1.82) is 0 Å². The number of rotatable bonds is 3. The van der Waals surface area contributed by atoms with E-state index >= 15 is 0 Å². The van der Waals surface area contributed by atoms with E-state index in [9.17, 15) is 4.79 Å². The molecule has 0 radical (unpaired) electrons. The van der Waals surface area contributed by atoms with Crippen molar-refractivity contribution in [1.82, 2.24) is 15.3 Å². The molecule has 0 fully saturated rings. The summed E-state index contributed by atoms with van der Waals surface area (Å²) in [7, 11) is 0. The zero-order valence-corrected chi connectivity index (χ0v) is 10.1. The third-order valence-electron chi connectivity index (χ3n) is 2.27. The summed E-state index contributed by atoms with van der Waals surface area (Å²) in [6.07, 6.45) is 1.47. The van der Waals surface area contributed by atoms with Crippen LogP contribution in [0.1, 0.15) is 21.1 Å². The zero-order valence-electron chi connectivity index (χ0n) is 9.30. The lowest BCUT2D eigenvalue weighted by Crippen LogP contribution is -2.23. The summed E-state index contributed by atoms with van der Waals surface area (Å²) in [5.41, 5.74) is 9.11. The van der Waals surface area contributed by atoms with Gasteiger partial charge in [0, 0.05) is 4.88 Å². The molecule has 0 unspecified atom stereocenters. The SMILES string of the molecule is Cc1ncsc1CNC(=O)c1ccc(N)cn1. The number of carbonyl (C=O) groups excluding carboxylic acids is 1. The van der Waals surface area contributed by atoms with E-state index in [0.29, 0.717) is 17.9 Å². The van der Waals surface area contributed by atoms with E-state index in [4.69, 9.17) is 5.73 Å². The van der Waals surface area contributed by atoms with Gasteiger partial charge in [-0.05, 0) is 19.1 Å². The van der Waals surface area contributed by atoms with Crippen LogP contribution < -0.4 is 11.1 Å². The molecule has 0 saturated heterocycles. The first kappa shape index (κ1) is 11.5. The number of aromatic nitrogens is 2. The fourth-order valence-electron chi connectivity index (χ4n) is 1.29. The minimum atomic E-state index is -0.210. The highest BCUT2D eigenvalue weighted by Gasteiger charge is 2.08. The van der Waals surface area contributed by atoms with E-state index in [1.165, 1.54) is 17.5 Å². The molecule has 88 valence electrons. The summed E-state index contributed by atoms with van der Waals surface area (Å²) in [4.78, 5) is 20.8. The Bertz CT molecular complexity index is 521. The number of amides is 1. The topological polar surface area (TPSA) is 80.9 Å². The summed E-state index contributed by atoms with van der Waals surface area (Å²) in [5.74, 6) is -0.210. The molecular weight excluding hydrogens is 236 g/mol. The minimum absolute atomic E-state index is 0.210. The van der Waals surface area contributed by atoms with Gasteiger partial charge in [-0.25, -0.2) is 9.97 Å². The molecule has 5 nitrogen and oxygen atoms in total. The molecule has 2 aromatic rings. The van der Waals surface area contributed by atoms with Crippen LogP contribution in [0.2, 0.25) is 0 Å². The smallest absolute Gasteiger partial charge is 0.270 e. The Morgan fingerprint density at radius 2 is 2.29 bits per heavy atom. The number of hydrogen-bond donors (Lipinski definition) is 2. The standard InChI is InChI=1S/C11H12N4OS/c1-7-10(17-6-15-7)5-14-11(16)9-3-2-8(12)4-13-9/h2-4,6H,5,12H2,1H3,(H,14,16). The number of nitrogen functional groups attached to an aromatic ring is 1. The van der Waals surface area contributed by atoms with Crippen LogP contribution in [0.5, 0.6) is 0 Å². The molecule has 0 bridgehead atoms. The molecular formula is C11H12N4OS. The number of anilines is 1. The van der Waals surface area contributed by atoms with E-state index in [1.807, 2.05) is 6.92 Å². The zero-order chi connectivity index (χ0) is 12.3. The quantitative estimate of drug-likeness (QED) is 0.859. The summed E-state index contributed by atoms with van der Waals surface area (Å²) in [6, 6.07) is 3.25. The van der Waals surface area contributed by atoms with Crippen LogP contribution in [0.4, 0.5) is 5.69 Å². The first-order valence-electron chi connectivity index (χ1n) is 5.05. The van der Waals surface area contributed by atoms with Crippen molar-refractivity contribution in [2.24, 2.45) is 0 Å². The van der Waals surface area contributed by atoms with Gasteiger partial charge in [0.1, 0.15) is 5.69 Å². The van der Waals surface area contributed by atoms with E-state index in [1.54, 1.807) is 17.6 Å². The Hall–Kier alpha value is -1.95. The first-order valence-corrected chi connectivity index (χ1v) is 5.93. The van der Waals surface area contributed by atoms with Gasteiger partial charge in [-0.15, -0.1) is 11.3 Å². The maximum atomic E-state index is 11.7. The summed E-state index contributed by atoms with van der Waals surface area (Å²) < 4.78 is 0. The Kier molecular flexibility index (Phi) is 3.34. The van der Waals surface area contributed by atoms with Crippen molar-refractivity contribution in [3.8, 4) is 0 Å².